The Bertz CT molecular complexity index is 550. The number of thioether (sulfide) groups is 1. The quantitative estimate of drug-likeness (QED) is 0.656. The summed E-state index contributed by atoms with van der Waals surface area (Å²) < 4.78 is 0. The molecule has 0 atom stereocenters. The molecule has 0 spiro atoms. The van der Waals surface area contributed by atoms with E-state index in [0.29, 0.717) is 0 Å². The minimum Gasteiger partial charge on any atom is -0.384 e. The summed E-state index contributed by atoms with van der Waals surface area (Å²) >= 11 is 3.23. The zero-order valence-electron chi connectivity index (χ0n) is 9.23. The second-order valence-corrected chi connectivity index (χ2v) is 5.15. The molecule has 0 aliphatic carbocycles. The first-order valence-corrected chi connectivity index (χ1v) is 6.84. The topological polar surface area (TPSA) is 61.8 Å². The molecule has 0 aliphatic heterocycles. The number of aliphatic hydroxyl groups excluding tert-OH is 1. The van der Waals surface area contributed by atoms with Crippen LogP contribution in [0.15, 0.2) is 16.6 Å². The molecule has 2 aromatic rings. The number of nitrogens with zero attached hydrogens (tertiary/aromatic N) is 2. The molecule has 0 aliphatic rings. The molecule has 0 fully saturated rings. The van der Waals surface area contributed by atoms with Gasteiger partial charge >= 0.3 is 0 Å². The highest BCUT2D eigenvalue weighted by Gasteiger charge is 2.05. The van der Waals surface area contributed by atoms with Crippen LogP contribution in [-0.4, -0.2) is 26.9 Å². The number of thiophene rings is 1. The molecule has 2 aromatic heterocycles. The van der Waals surface area contributed by atoms with Crippen LogP contribution in [0.1, 0.15) is 16.3 Å². The Kier molecular flexibility index (Phi) is 4.20. The van der Waals surface area contributed by atoms with Crippen molar-refractivity contribution in [2.75, 3.05) is 6.61 Å². The van der Waals surface area contributed by atoms with Gasteiger partial charge in [-0.25, -0.2) is 4.98 Å². The largest absolute Gasteiger partial charge is 0.384 e. The second kappa shape index (κ2) is 5.87. The van der Waals surface area contributed by atoms with Crippen LogP contribution >= 0.6 is 23.1 Å². The first kappa shape index (κ1) is 12.2. The Labute approximate surface area is 107 Å². The Morgan fingerprint density at radius 3 is 3.18 bits per heavy atom. The minimum atomic E-state index is -0.109. The zero-order valence-corrected chi connectivity index (χ0v) is 10.9. The first-order valence-electron chi connectivity index (χ1n) is 4.97. The van der Waals surface area contributed by atoms with Gasteiger partial charge in [-0.3, -0.25) is 5.10 Å². The van der Waals surface area contributed by atoms with E-state index in [1.165, 1.54) is 4.88 Å². The van der Waals surface area contributed by atoms with Gasteiger partial charge in [0.25, 0.3) is 0 Å². The average molecular weight is 265 g/mol. The number of aromatic nitrogens is 3. The molecule has 0 saturated carbocycles. The number of hydrogen-bond acceptors (Lipinski definition) is 5. The van der Waals surface area contributed by atoms with E-state index in [0.717, 1.165) is 22.3 Å². The lowest BCUT2D eigenvalue weighted by molar-refractivity contribution is 0.350. The van der Waals surface area contributed by atoms with Crippen molar-refractivity contribution in [1.29, 1.82) is 0 Å². The van der Waals surface area contributed by atoms with Crippen LogP contribution in [0.5, 0.6) is 0 Å². The number of aryl methyl sites for hydroxylation is 1. The predicted octanol–water partition coefficient (Wildman–Crippen LogP) is 1.81. The third kappa shape index (κ3) is 3.33. The van der Waals surface area contributed by atoms with Gasteiger partial charge in [0.2, 0.25) is 5.16 Å². The Morgan fingerprint density at radius 1 is 1.59 bits per heavy atom. The van der Waals surface area contributed by atoms with Gasteiger partial charge in [0.05, 0.1) is 0 Å². The summed E-state index contributed by atoms with van der Waals surface area (Å²) in [6.45, 7) is 1.77. The molecule has 17 heavy (non-hydrogen) atoms. The molecule has 4 nitrogen and oxygen atoms in total. The highest BCUT2D eigenvalue weighted by Crippen LogP contribution is 2.25. The molecule has 2 rings (SSSR count). The summed E-state index contributed by atoms with van der Waals surface area (Å²) in [5.41, 5.74) is 0.976. The van der Waals surface area contributed by atoms with E-state index in [1.807, 2.05) is 18.4 Å². The molecular formula is C11H11N3OS2. The summed E-state index contributed by atoms with van der Waals surface area (Å²) in [5.74, 6) is 7.21. The van der Waals surface area contributed by atoms with Crippen LogP contribution in [0.2, 0.25) is 0 Å². The predicted molar refractivity (Wildman–Crippen MR) is 69.0 cm³/mol. The van der Waals surface area contributed by atoms with Crippen molar-refractivity contribution < 1.29 is 5.11 Å². The van der Waals surface area contributed by atoms with E-state index in [1.54, 1.807) is 23.1 Å². The maximum absolute atomic E-state index is 8.67. The Morgan fingerprint density at radius 2 is 2.47 bits per heavy atom. The summed E-state index contributed by atoms with van der Waals surface area (Å²) in [6.07, 6.45) is 0. The SMILES string of the molecule is Cc1nc(SCc2sccc2C#CCO)n[nH]1. The first-order chi connectivity index (χ1) is 8.29. The molecule has 0 radical (unpaired) electrons. The van der Waals surface area contributed by atoms with Crippen LogP contribution in [0.3, 0.4) is 0 Å². The smallest absolute Gasteiger partial charge is 0.208 e. The van der Waals surface area contributed by atoms with Crippen LogP contribution in [0.25, 0.3) is 0 Å². The second-order valence-electron chi connectivity index (χ2n) is 3.21. The number of nitrogens with one attached hydrogen (secondary N) is 1. The van der Waals surface area contributed by atoms with Crippen molar-refractivity contribution in [1.82, 2.24) is 15.2 Å². The molecule has 0 bridgehead atoms. The molecule has 0 aromatic carbocycles. The van der Waals surface area contributed by atoms with Gasteiger partial charge < -0.3 is 5.11 Å². The van der Waals surface area contributed by atoms with E-state index in [9.17, 15) is 0 Å². The van der Waals surface area contributed by atoms with Crippen molar-refractivity contribution in [3.8, 4) is 11.8 Å². The van der Waals surface area contributed by atoms with Crippen molar-refractivity contribution in [3.05, 3.63) is 27.7 Å². The Balaban J connectivity index is 2.01. The standard InChI is InChI=1S/C11H11N3OS2/c1-8-12-11(14-13-8)17-7-10-9(3-2-5-15)4-6-16-10/h4,6,15H,5,7H2,1H3,(H,12,13,14). The molecule has 88 valence electrons. The summed E-state index contributed by atoms with van der Waals surface area (Å²) in [4.78, 5) is 5.41. The third-order valence-electron chi connectivity index (χ3n) is 1.96. The minimum absolute atomic E-state index is 0.109. The highest BCUT2D eigenvalue weighted by molar-refractivity contribution is 7.98. The highest BCUT2D eigenvalue weighted by atomic mass is 32.2. The van der Waals surface area contributed by atoms with Crippen LogP contribution in [0, 0.1) is 18.8 Å². The third-order valence-corrected chi connectivity index (χ3v) is 3.93. The molecule has 2 N–H and O–H groups in total. The molecule has 0 unspecified atom stereocenters. The fourth-order valence-electron chi connectivity index (χ4n) is 1.22. The van der Waals surface area contributed by atoms with E-state index in [2.05, 4.69) is 27.0 Å². The van der Waals surface area contributed by atoms with Gasteiger partial charge in [-0.1, -0.05) is 23.6 Å². The van der Waals surface area contributed by atoms with E-state index in [4.69, 9.17) is 5.11 Å². The number of aliphatic hydroxyl groups is 1. The van der Waals surface area contributed by atoms with Crippen molar-refractivity contribution in [3.63, 3.8) is 0 Å². The maximum atomic E-state index is 8.67. The van der Waals surface area contributed by atoms with Gasteiger partial charge in [-0.2, -0.15) is 0 Å². The fraction of sp³-hybridized carbons (Fsp3) is 0.273. The number of aromatic amines is 1. The normalized spacial score (nSPS) is 10.0. The summed E-state index contributed by atoms with van der Waals surface area (Å²) in [7, 11) is 0. The van der Waals surface area contributed by atoms with E-state index >= 15 is 0 Å². The fourth-order valence-corrected chi connectivity index (χ4v) is 3.01. The van der Waals surface area contributed by atoms with Gasteiger partial charge in [-0.05, 0) is 18.4 Å². The molecular weight excluding hydrogens is 254 g/mol. The van der Waals surface area contributed by atoms with Crippen molar-refractivity contribution in [2.45, 2.75) is 17.8 Å². The monoisotopic (exact) mass is 265 g/mol. The lowest BCUT2D eigenvalue weighted by Gasteiger charge is -1.95. The van der Waals surface area contributed by atoms with Gasteiger partial charge in [0.15, 0.2) is 0 Å². The summed E-state index contributed by atoms with van der Waals surface area (Å²) in [5, 5.41) is 18.3. The molecule has 0 amide bonds. The number of hydrogen-bond donors (Lipinski definition) is 2. The van der Waals surface area contributed by atoms with Gasteiger partial charge in [0.1, 0.15) is 12.4 Å². The van der Waals surface area contributed by atoms with E-state index < -0.39 is 0 Å². The van der Waals surface area contributed by atoms with Crippen molar-refractivity contribution in [2.24, 2.45) is 0 Å². The van der Waals surface area contributed by atoms with Crippen LogP contribution < -0.4 is 0 Å². The van der Waals surface area contributed by atoms with Crippen molar-refractivity contribution >= 4 is 23.1 Å². The maximum Gasteiger partial charge on any atom is 0.208 e. The lowest BCUT2D eigenvalue weighted by atomic mass is 10.3. The summed E-state index contributed by atoms with van der Waals surface area (Å²) in [6, 6.07) is 1.96. The van der Waals surface area contributed by atoms with Crippen LogP contribution in [-0.2, 0) is 5.75 Å². The molecule has 0 saturated heterocycles. The lowest BCUT2D eigenvalue weighted by Crippen LogP contribution is -1.82. The molecule has 6 heteroatoms. The molecule has 2 heterocycles. The number of H-pyrrole nitrogens is 1. The van der Waals surface area contributed by atoms with E-state index in [-0.39, 0.29) is 6.61 Å². The van der Waals surface area contributed by atoms with Gasteiger partial charge in [-0.15, -0.1) is 16.4 Å². The Hall–Kier alpha value is -1.29. The van der Waals surface area contributed by atoms with Gasteiger partial charge in [0, 0.05) is 16.2 Å². The average Bonchev–Trinajstić information content (AvgIpc) is 2.92. The van der Waals surface area contributed by atoms with Crippen LogP contribution in [0.4, 0.5) is 0 Å². The number of rotatable bonds is 3. The zero-order chi connectivity index (χ0) is 12.1.